The lowest BCUT2D eigenvalue weighted by Gasteiger charge is -2.57. The van der Waals surface area contributed by atoms with Crippen LogP contribution in [0.5, 0.6) is 0 Å². The number of sulfonamides is 1. The van der Waals surface area contributed by atoms with E-state index in [1.165, 1.54) is 48.4 Å². The lowest BCUT2D eigenvalue weighted by Crippen LogP contribution is -2.54. The molecule has 0 radical (unpaired) electrons. The van der Waals surface area contributed by atoms with E-state index in [9.17, 15) is 18.0 Å². The van der Waals surface area contributed by atoms with Gasteiger partial charge in [0.25, 0.3) is 0 Å². The first-order chi connectivity index (χ1) is 22.9. The number of rotatable bonds is 13. The summed E-state index contributed by atoms with van der Waals surface area (Å²) in [6, 6.07) is 24.3. The number of nitrogens with one attached hydrogen (secondary N) is 1. The van der Waals surface area contributed by atoms with Gasteiger partial charge >= 0.3 is 0 Å². The summed E-state index contributed by atoms with van der Waals surface area (Å²) in [6.07, 6.45) is 9.92. The number of halogens is 1. The first-order valence-electron chi connectivity index (χ1n) is 17.4. The first kappa shape index (κ1) is 34.7. The Bertz CT molecular complexity index is 1680. The number of hydrogen-bond acceptors (Lipinski definition) is 4. The molecule has 9 heteroatoms. The molecular formula is C39H48BrN3O4S. The van der Waals surface area contributed by atoms with Gasteiger partial charge in [0.05, 0.1) is 11.9 Å². The number of anilines is 1. The van der Waals surface area contributed by atoms with Crippen LogP contribution in [0.25, 0.3) is 0 Å². The molecule has 4 aliphatic carbocycles. The van der Waals surface area contributed by atoms with Gasteiger partial charge in [0.1, 0.15) is 12.6 Å². The molecule has 3 aromatic carbocycles. The summed E-state index contributed by atoms with van der Waals surface area (Å²) in [4.78, 5) is 30.0. The van der Waals surface area contributed by atoms with Crippen LogP contribution in [0.3, 0.4) is 0 Å². The average molecular weight is 735 g/mol. The SMILES string of the molecule is CC[C@@H](C)NC(=O)[C@@H](Cc1ccccc1)N(Cc1cccc(Br)c1)C(=O)CN(c1ccc(C23CC4CC(CC(C4)C2)C3)cc1)S(C)(=O)=O. The van der Waals surface area contributed by atoms with E-state index in [4.69, 9.17) is 0 Å². The highest BCUT2D eigenvalue weighted by Gasteiger charge is 2.51. The fourth-order valence-corrected chi connectivity index (χ4v) is 10.2. The lowest BCUT2D eigenvalue weighted by atomic mass is 9.48. The van der Waals surface area contributed by atoms with Crippen LogP contribution in [0.2, 0.25) is 0 Å². The van der Waals surface area contributed by atoms with Gasteiger partial charge in [-0.15, -0.1) is 0 Å². The number of carbonyl (C=O) groups is 2. The Morgan fingerprint density at radius 3 is 2.06 bits per heavy atom. The fraction of sp³-hybridized carbons (Fsp3) is 0.487. The molecule has 4 fully saturated rings. The maximum atomic E-state index is 14.5. The van der Waals surface area contributed by atoms with E-state index in [1.54, 1.807) is 4.90 Å². The molecule has 0 spiro atoms. The Balaban J connectivity index is 1.31. The second-order valence-corrected chi connectivity index (χ2v) is 17.5. The van der Waals surface area contributed by atoms with Crippen LogP contribution in [0.15, 0.2) is 83.3 Å². The second-order valence-electron chi connectivity index (χ2n) is 14.7. The third kappa shape index (κ3) is 7.83. The van der Waals surface area contributed by atoms with Crippen molar-refractivity contribution in [2.75, 3.05) is 17.1 Å². The average Bonchev–Trinajstić information content (AvgIpc) is 3.04. The summed E-state index contributed by atoms with van der Waals surface area (Å²) >= 11 is 3.53. The molecule has 7 rings (SSSR count). The zero-order chi connectivity index (χ0) is 34.1. The normalized spacial score (nSPS) is 24.1. The first-order valence-corrected chi connectivity index (χ1v) is 20.0. The molecule has 4 saturated carbocycles. The minimum atomic E-state index is -3.83. The van der Waals surface area contributed by atoms with Gasteiger partial charge in [0, 0.05) is 23.5 Å². The molecule has 7 nitrogen and oxygen atoms in total. The summed E-state index contributed by atoms with van der Waals surface area (Å²) in [7, 11) is -3.83. The van der Waals surface area contributed by atoms with Crippen molar-refractivity contribution in [2.24, 2.45) is 17.8 Å². The van der Waals surface area contributed by atoms with E-state index in [-0.39, 0.29) is 23.9 Å². The van der Waals surface area contributed by atoms with Crippen LogP contribution in [-0.2, 0) is 38.0 Å². The molecule has 2 amide bonds. The molecule has 0 saturated heterocycles. The van der Waals surface area contributed by atoms with E-state index in [2.05, 4.69) is 33.4 Å². The quantitative estimate of drug-likeness (QED) is 0.201. The minimum Gasteiger partial charge on any atom is -0.352 e. The summed E-state index contributed by atoms with van der Waals surface area (Å²) < 4.78 is 28.7. The predicted octanol–water partition coefficient (Wildman–Crippen LogP) is 7.24. The molecule has 256 valence electrons. The summed E-state index contributed by atoms with van der Waals surface area (Å²) in [6.45, 7) is 3.67. The largest absolute Gasteiger partial charge is 0.352 e. The maximum Gasteiger partial charge on any atom is 0.244 e. The van der Waals surface area contributed by atoms with Crippen molar-refractivity contribution in [1.82, 2.24) is 10.2 Å². The molecule has 2 atom stereocenters. The van der Waals surface area contributed by atoms with Gasteiger partial charge in [-0.05, 0) is 116 Å². The van der Waals surface area contributed by atoms with Crippen LogP contribution in [0, 0.1) is 17.8 Å². The second kappa shape index (κ2) is 14.4. The summed E-state index contributed by atoms with van der Waals surface area (Å²) in [5, 5.41) is 3.08. The van der Waals surface area contributed by atoms with Gasteiger partial charge in [-0.3, -0.25) is 13.9 Å². The van der Waals surface area contributed by atoms with Crippen molar-refractivity contribution in [1.29, 1.82) is 0 Å². The number of amides is 2. The number of carbonyl (C=O) groups excluding carboxylic acids is 2. The summed E-state index contributed by atoms with van der Waals surface area (Å²) in [5.41, 5.74) is 3.69. The highest BCUT2D eigenvalue weighted by atomic mass is 79.9. The van der Waals surface area contributed by atoms with Gasteiger partial charge in [-0.1, -0.05) is 77.5 Å². The van der Waals surface area contributed by atoms with Gasteiger partial charge in [0.15, 0.2) is 0 Å². The fourth-order valence-electron chi connectivity index (χ4n) is 8.89. The van der Waals surface area contributed by atoms with E-state index >= 15 is 0 Å². The van der Waals surface area contributed by atoms with Crippen molar-refractivity contribution in [3.63, 3.8) is 0 Å². The van der Waals surface area contributed by atoms with Crippen molar-refractivity contribution >= 4 is 43.5 Å². The molecule has 0 heterocycles. The molecule has 0 aromatic heterocycles. The van der Waals surface area contributed by atoms with Gasteiger partial charge in [-0.25, -0.2) is 8.42 Å². The highest BCUT2D eigenvalue weighted by Crippen LogP contribution is 2.60. The van der Waals surface area contributed by atoms with Crippen molar-refractivity contribution in [3.05, 3.63) is 100 Å². The summed E-state index contributed by atoms with van der Waals surface area (Å²) in [5.74, 6) is 1.71. The van der Waals surface area contributed by atoms with E-state index in [1.807, 2.05) is 80.6 Å². The molecule has 3 aromatic rings. The number of nitrogens with zero attached hydrogens (tertiary/aromatic N) is 2. The molecule has 48 heavy (non-hydrogen) atoms. The number of benzene rings is 3. The Kier molecular flexibility index (Phi) is 10.4. The van der Waals surface area contributed by atoms with Gasteiger partial charge in [0.2, 0.25) is 21.8 Å². The van der Waals surface area contributed by atoms with E-state index in [0.717, 1.165) is 46.0 Å². The molecule has 4 bridgehead atoms. The Labute approximate surface area is 294 Å². The lowest BCUT2D eigenvalue weighted by molar-refractivity contribution is -0.140. The highest BCUT2D eigenvalue weighted by molar-refractivity contribution is 9.10. The number of hydrogen-bond donors (Lipinski definition) is 1. The van der Waals surface area contributed by atoms with Gasteiger partial charge < -0.3 is 10.2 Å². The zero-order valence-corrected chi connectivity index (χ0v) is 30.7. The third-order valence-electron chi connectivity index (χ3n) is 11.0. The van der Waals surface area contributed by atoms with Crippen LogP contribution >= 0.6 is 15.9 Å². The van der Waals surface area contributed by atoms with Crippen molar-refractivity contribution in [3.8, 4) is 0 Å². The molecule has 0 aliphatic heterocycles. The monoisotopic (exact) mass is 733 g/mol. The predicted molar refractivity (Wildman–Crippen MR) is 195 cm³/mol. The minimum absolute atomic E-state index is 0.0846. The standard InChI is InChI=1S/C39H48BrN3O4S/c1-4-27(2)41-38(45)36(21-28-9-6-5-7-10-28)42(25-29-11-8-12-34(40)20-29)37(44)26-43(48(3,46)47)35-15-13-33(14-16-35)39-22-30-17-31(23-39)19-32(18-30)24-39/h5-16,20,27,30-32,36H,4,17-19,21-26H2,1-3H3,(H,41,45)/t27-,30?,31?,32?,36-,39?/m1/s1. The van der Waals surface area contributed by atoms with Crippen molar-refractivity contribution < 1.29 is 18.0 Å². The molecule has 0 unspecified atom stereocenters. The Morgan fingerprint density at radius 1 is 0.896 bits per heavy atom. The maximum absolute atomic E-state index is 14.5. The smallest absolute Gasteiger partial charge is 0.244 e. The van der Waals surface area contributed by atoms with Crippen molar-refractivity contribution in [2.45, 2.75) is 89.3 Å². The molecular weight excluding hydrogens is 686 g/mol. The van der Waals surface area contributed by atoms with Crippen LogP contribution < -0.4 is 9.62 Å². The third-order valence-corrected chi connectivity index (χ3v) is 12.6. The molecule has 4 aliphatic rings. The zero-order valence-electron chi connectivity index (χ0n) is 28.3. The topological polar surface area (TPSA) is 86.8 Å². The Hall–Kier alpha value is -3.17. The Morgan fingerprint density at radius 2 is 1.50 bits per heavy atom. The molecule has 1 N–H and O–H groups in total. The van der Waals surface area contributed by atoms with Gasteiger partial charge in [-0.2, -0.15) is 0 Å². The van der Waals surface area contributed by atoms with Crippen LogP contribution in [-0.4, -0.2) is 50.0 Å². The van der Waals surface area contributed by atoms with Crippen LogP contribution in [0.4, 0.5) is 5.69 Å². The van der Waals surface area contributed by atoms with Crippen LogP contribution in [0.1, 0.15) is 75.5 Å². The van der Waals surface area contributed by atoms with E-state index in [0.29, 0.717) is 12.1 Å². The van der Waals surface area contributed by atoms with E-state index < -0.39 is 28.5 Å².